The number of amides is 1. The van der Waals surface area contributed by atoms with Crippen molar-refractivity contribution in [3.63, 3.8) is 0 Å². The first-order valence-electron chi connectivity index (χ1n) is 5.43. The Morgan fingerprint density at radius 2 is 2.00 bits per heavy atom. The molecular weight excluding hydrogens is 230 g/mol. The zero-order valence-electron chi connectivity index (χ0n) is 9.88. The molecule has 0 heterocycles. The number of benzene rings is 2. The average molecular weight is 243 g/mol. The highest BCUT2D eigenvalue weighted by molar-refractivity contribution is 5.93. The minimum Gasteiger partial charge on any atom is -0.508 e. The standard InChI is InChI=1S/C14H13NO3/c1-9-7-10(14(15)17)5-6-13(9)18-12-4-2-3-11(16)8-12/h2-8,16H,1H3,(H2,15,17). The molecule has 0 unspecified atom stereocenters. The number of ether oxygens (including phenoxy) is 1. The first kappa shape index (κ1) is 12.0. The fourth-order valence-corrected chi connectivity index (χ4v) is 1.59. The summed E-state index contributed by atoms with van der Waals surface area (Å²) in [5, 5.41) is 9.34. The van der Waals surface area contributed by atoms with Crippen molar-refractivity contribution in [3.8, 4) is 17.2 Å². The van der Waals surface area contributed by atoms with Gasteiger partial charge in [-0.2, -0.15) is 0 Å². The van der Waals surface area contributed by atoms with Crippen molar-refractivity contribution in [2.24, 2.45) is 5.73 Å². The molecule has 2 aromatic rings. The molecule has 0 fully saturated rings. The van der Waals surface area contributed by atoms with E-state index in [0.29, 0.717) is 17.1 Å². The Kier molecular flexibility index (Phi) is 3.19. The van der Waals surface area contributed by atoms with Crippen LogP contribution in [0.3, 0.4) is 0 Å². The molecule has 0 aliphatic carbocycles. The van der Waals surface area contributed by atoms with Gasteiger partial charge >= 0.3 is 0 Å². The number of rotatable bonds is 3. The van der Waals surface area contributed by atoms with Gasteiger partial charge in [0.15, 0.2) is 0 Å². The molecule has 0 radical (unpaired) electrons. The number of hydrogen-bond acceptors (Lipinski definition) is 3. The van der Waals surface area contributed by atoms with E-state index in [2.05, 4.69) is 0 Å². The van der Waals surface area contributed by atoms with E-state index in [1.54, 1.807) is 36.4 Å². The summed E-state index contributed by atoms with van der Waals surface area (Å²) < 4.78 is 5.61. The molecule has 0 atom stereocenters. The Labute approximate surface area is 105 Å². The molecule has 0 saturated carbocycles. The molecule has 18 heavy (non-hydrogen) atoms. The lowest BCUT2D eigenvalue weighted by Gasteiger charge is -2.09. The van der Waals surface area contributed by atoms with Crippen LogP contribution >= 0.6 is 0 Å². The van der Waals surface area contributed by atoms with Crippen molar-refractivity contribution in [2.75, 3.05) is 0 Å². The molecule has 1 amide bonds. The Morgan fingerprint density at radius 1 is 1.22 bits per heavy atom. The third-order valence-electron chi connectivity index (χ3n) is 2.50. The van der Waals surface area contributed by atoms with Crippen molar-refractivity contribution >= 4 is 5.91 Å². The predicted octanol–water partition coefficient (Wildman–Crippen LogP) is 2.59. The Morgan fingerprint density at radius 3 is 2.61 bits per heavy atom. The summed E-state index contributed by atoms with van der Waals surface area (Å²) in [6.07, 6.45) is 0. The molecule has 2 aromatic carbocycles. The normalized spacial score (nSPS) is 10.1. The summed E-state index contributed by atoms with van der Waals surface area (Å²) in [5.41, 5.74) is 6.43. The fourth-order valence-electron chi connectivity index (χ4n) is 1.59. The van der Waals surface area contributed by atoms with Gasteiger partial charge in [0.25, 0.3) is 0 Å². The van der Waals surface area contributed by atoms with Crippen LogP contribution in [0.1, 0.15) is 15.9 Å². The summed E-state index contributed by atoms with van der Waals surface area (Å²) in [6, 6.07) is 11.5. The van der Waals surface area contributed by atoms with Crippen molar-refractivity contribution < 1.29 is 14.6 Å². The number of nitrogens with two attached hydrogens (primary N) is 1. The first-order chi connectivity index (χ1) is 8.56. The van der Waals surface area contributed by atoms with Crippen molar-refractivity contribution in [1.82, 2.24) is 0 Å². The molecule has 2 rings (SSSR count). The van der Waals surface area contributed by atoms with E-state index < -0.39 is 5.91 Å². The van der Waals surface area contributed by atoms with Crippen LogP contribution in [0.25, 0.3) is 0 Å². The third kappa shape index (κ3) is 2.60. The van der Waals surface area contributed by atoms with Crippen LogP contribution < -0.4 is 10.5 Å². The number of carbonyl (C=O) groups is 1. The minimum absolute atomic E-state index is 0.138. The zero-order chi connectivity index (χ0) is 13.1. The summed E-state index contributed by atoms with van der Waals surface area (Å²) in [7, 11) is 0. The molecule has 92 valence electrons. The Hall–Kier alpha value is -2.49. The fraction of sp³-hybridized carbons (Fsp3) is 0.0714. The number of hydrogen-bond donors (Lipinski definition) is 2. The lowest BCUT2D eigenvalue weighted by atomic mass is 10.1. The van der Waals surface area contributed by atoms with E-state index in [4.69, 9.17) is 10.5 Å². The molecule has 0 aromatic heterocycles. The number of primary amides is 1. The van der Waals surface area contributed by atoms with Crippen LogP contribution in [0.5, 0.6) is 17.2 Å². The summed E-state index contributed by atoms with van der Waals surface area (Å²) in [5.74, 6) is 0.816. The van der Waals surface area contributed by atoms with E-state index >= 15 is 0 Å². The summed E-state index contributed by atoms with van der Waals surface area (Å²) in [4.78, 5) is 11.0. The van der Waals surface area contributed by atoms with Crippen LogP contribution in [0.15, 0.2) is 42.5 Å². The van der Waals surface area contributed by atoms with Gasteiger partial charge in [0.1, 0.15) is 17.2 Å². The van der Waals surface area contributed by atoms with Gasteiger partial charge < -0.3 is 15.6 Å². The van der Waals surface area contributed by atoms with Crippen LogP contribution in [0.2, 0.25) is 0 Å². The third-order valence-corrected chi connectivity index (χ3v) is 2.50. The van der Waals surface area contributed by atoms with Gasteiger partial charge in [-0.3, -0.25) is 4.79 Å². The summed E-state index contributed by atoms with van der Waals surface area (Å²) >= 11 is 0. The minimum atomic E-state index is -0.470. The monoisotopic (exact) mass is 243 g/mol. The number of phenols is 1. The molecule has 3 N–H and O–H groups in total. The van der Waals surface area contributed by atoms with E-state index in [0.717, 1.165) is 5.56 Å². The molecule has 0 aliphatic heterocycles. The molecule has 4 heteroatoms. The van der Waals surface area contributed by atoms with Crippen molar-refractivity contribution in [1.29, 1.82) is 0 Å². The van der Waals surface area contributed by atoms with E-state index in [1.807, 2.05) is 6.92 Å². The van der Waals surface area contributed by atoms with Crippen molar-refractivity contribution in [3.05, 3.63) is 53.6 Å². The van der Waals surface area contributed by atoms with Gasteiger partial charge in [-0.25, -0.2) is 0 Å². The van der Waals surface area contributed by atoms with Gasteiger partial charge in [0, 0.05) is 11.6 Å². The van der Waals surface area contributed by atoms with Crippen LogP contribution in [0.4, 0.5) is 0 Å². The van der Waals surface area contributed by atoms with Gasteiger partial charge in [0.05, 0.1) is 0 Å². The lowest BCUT2D eigenvalue weighted by molar-refractivity contribution is 0.1000. The van der Waals surface area contributed by atoms with E-state index in [9.17, 15) is 9.90 Å². The second-order valence-corrected chi connectivity index (χ2v) is 3.94. The topological polar surface area (TPSA) is 72.6 Å². The second kappa shape index (κ2) is 4.79. The molecule has 0 bridgehead atoms. The molecule has 0 spiro atoms. The smallest absolute Gasteiger partial charge is 0.248 e. The molecule has 4 nitrogen and oxygen atoms in total. The maximum atomic E-state index is 11.0. The first-order valence-corrected chi connectivity index (χ1v) is 5.43. The molecule has 0 saturated heterocycles. The quantitative estimate of drug-likeness (QED) is 0.870. The second-order valence-electron chi connectivity index (χ2n) is 3.94. The van der Waals surface area contributed by atoms with Gasteiger partial charge in [-0.15, -0.1) is 0 Å². The number of aromatic hydroxyl groups is 1. The van der Waals surface area contributed by atoms with E-state index in [1.165, 1.54) is 6.07 Å². The highest BCUT2D eigenvalue weighted by Gasteiger charge is 2.06. The van der Waals surface area contributed by atoms with Gasteiger partial charge in [-0.05, 0) is 42.8 Å². The van der Waals surface area contributed by atoms with Crippen LogP contribution in [-0.4, -0.2) is 11.0 Å². The highest BCUT2D eigenvalue weighted by Crippen LogP contribution is 2.27. The largest absolute Gasteiger partial charge is 0.508 e. The number of phenolic OH excluding ortho intramolecular Hbond substituents is 1. The van der Waals surface area contributed by atoms with Crippen LogP contribution in [-0.2, 0) is 0 Å². The Bertz CT molecular complexity index is 593. The predicted molar refractivity (Wildman–Crippen MR) is 67.9 cm³/mol. The zero-order valence-corrected chi connectivity index (χ0v) is 9.88. The van der Waals surface area contributed by atoms with Gasteiger partial charge in [0.2, 0.25) is 5.91 Å². The molecular formula is C14H13NO3. The molecule has 0 aliphatic rings. The Balaban J connectivity index is 2.27. The number of aryl methyl sites for hydroxylation is 1. The van der Waals surface area contributed by atoms with Gasteiger partial charge in [-0.1, -0.05) is 6.07 Å². The maximum absolute atomic E-state index is 11.0. The SMILES string of the molecule is Cc1cc(C(N)=O)ccc1Oc1cccc(O)c1. The van der Waals surface area contributed by atoms with Crippen LogP contribution in [0, 0.1) is 6.92 Å². The average Bonchev–Trinajstić information content (AvgIpc) is 2.31. The lowest BCUT2D eigenvalue weighted by Crippen LogP contribution is -2.10. The van der Waals surface area contributed by atoms with Crippen molar-refractivity contribution in [2.45, 2.75) is 6.92 Å². The van der Waals surface area contributed by atoms with E-state index in [-0.39, 0.29) is 5.75 Å². The number of carbonyl (C=O) groups excluding carboxylic acids is 1. The maximum Gasteiger partial charge on any atom is 0.248 e. The summed E-state index contributed by atoms with van der Waals surface area (Å²) in [6.45, 7) is 1.82. The highest BCUT2D eigenvalue weighted by atomic mass is 16.5.